The Bertz CT molecular complexity index is 1120. The van der Waals surface area contributed by atoms with Gasteiger partial charge in [-0.05, 0) is 77.3 Å². The highest BCUT2D eigenvalue weighted by Crippen LogP contribution is 2.37. The van der Waals surface area contributed by atoms with Crippen molar-refractivity contribution in [3.63, 3.8) is 0 Å². The molecule has 12 heteroatoms. The molecule has 0 saturated heterocycles. The van der Waals surface area contributed by atoms with Crippen molar-refractivity contribution in [2.24, 2.45) is 0 Å². The first kappa shape index (κ1) is 32.0. The summed E-state index contributed by atoms with van der Waals surface area (Å²) in [5.41, 5.74) is -0.00343. The molecule has 0 aliphatic rings. The molecular weight excluding hydrogens is 612 g/mol. The summed E-state index contributed by atoms with van der Waals surface area (Å²) < 4.78 is 10.9. The molecule has 0 aliphatic carbocycles. The fourth-order valence-electron chi connectivity index (χ4n) is 3.03. The lowest BCUT2D eigenvalue weighted by atomic mass is 10.1. The highest BCUT2D eigenvalue weighted by atomic mass is 79.9. The van der Waals surface area contributed by atoms with Crippen LogP contribution in [0.25, 0.3) is 0 Å². The molecule has 0 atom stereocenters. The van der Waals surface area contributed by atoms with Gasteiger partial charge in [-0.1, -0.05) is 32.1 Å². The zero-order valence-corrected chi connectivity index (χ0v) is 25.0. The fraction of sp³-hybridized carbons (Fsp3) is 0.400. The average molecular weight is 644 g/mol. The van der Waals surface area contributed by atoms with Crippen LogP contribution in [0.2, 0.25) is 0 Å². The number of benzene rings is 1. The summed E-state index contributed by atoms with van der Waals surface area (Å²) in [5.74, 6) is 0. The van der Waals surface area contributed by atoms with Crippen molar-refractivity contribution >= 4 is 61.1 Å². The number of hydrogen-bond acceptors (Lipinski definition) is 7. The molecule has 2 amide bonds. The smallest absolute Gasteiger partial charge is 0.415 e. The van der Waals surface area contributed by atoms with Crippen LogP contribution in [0.5, 0.6) is 0 Å². The van der Waals surface area contributed by atoms with E-state index < -0.39 is 22.7 Å². The lowest BCUT2D eigenvalue weighted by Gasteiger charge is -2.27. The minimum absolute atomic E-state index is 0.0114. The average Bonchev–Trinajstić information content (AvgIpc) is 2.80. The van der Waals surface area contributed by atoms with E-state index in [1.807, 2.05) is 13.8 Å². The number of carbonyl (C=O) groups is 2. The first-order valence-corrected chi connectivity index (χ1v) is 13.1. The monoisotopic (exact) mass is 642 g/mol. The minimum Gasteiger partial charge on any atom is -0.449 e. The molecule has 202 valence electrons. The van der Waals surface area contributed by atoms with Gasteiger partial charge in [0.05, 0.1) is 18.1 Å². The van der Waals surface area contributed by atoms with E-state index in [1.54, 1.807) is 58.0 Å². The van der Waals surface area contributed by atoms with Gasteiger partial charge in [0.2, 0.25) is 0 Å². The van der Waals surface area contributed by atoms with Crippen molar-refractivity contribution in [1.82, 2.24) is 4.98 Å². The summed E-state index contributed by atoms with van der Waals surface area (Å²) >= 11 is 6.32. The van der Waals surface area contributed by atoms with Crippen molar-refractivity contribution in [2.75, 3.05) is 23.0 Å². The Morgan fingerprint density at radius 3 is 2.35 bits per heavy atom. The second-order valence-corrected chi connectivity index (χ2v) is 9.76. The Morgan fingerprint density at radius 1 is 1.16 bits per heavy atom. The van der Waals surface area contributed by atoms with E-state index in [1.165, 1.54) is 11.0 Å². The van der Waals surface area contributed by atoms with Crippen LogP contribution in [-0.2, 0) is 16.0 Å². The van der Waals surface area contributed by atoms with Crippen LogP contribution < -0.4 is 9.80 Å². The van der Waals surface area contributed by atoms with Crippen molar-refractivity contribution in [2.45, 2.75) is 53.7 Å². The molecule has 37 heavy (non-hydrogen) atoms. The number of nitro groups is 1. The van der Waals surface area contributed by atoms with Crippen LogP contribution >= 0.6 is 31.9 Å². The summed E-state index contributed by atoms with van der Waals surface area (Å²) in [4.78, 5) is 43.3. The van der Waals surface area contributed by atoms with Crippen LogP contribution in [-0.4, -0.2) is 40.8 Å². The number of halogens is 2. The lowest BCUT2D eigenvalue weighted by Crippen LogP contribution is -2.37. The molecular formula is C25H32Br2N4O6. The predicted octanol–water partition coefficient (Wildman–Crippen LogP) is 7.63. The van der Waals surface area contributed by atoms with Crippen LogP contribution in [0.3, 0.4) is 0 Å². The molecule has 0 N–H and O–H groups in total. The number of amides is 2. The third kappa shape index (κ3) is 9.43. The van der Waals surface area contributed by atoms with Gasteiger partial charge in [-0.15, -0.1) is 6.58 Å². The van der Waals surface area contributed by atoms with Gasteiger partial charge in [-0.3, -0.25) is 19.9 Å². The van der Waals surface area contributed by atoms with E-state index in [0.29, 0.717) is 11.3 Å². The molecule has 10 nitrogen and oxygen atoms in total. The highest BCUT2D eigenvalue weighted by Gasteiger charge is 2.30. The Morgan fingerprint density at radius 2 is 1.81 bits per heavy atom. The van der Waals surface area contributed by atoms with Crippen LogP contribution in [0.1, 0.15) is 47.1 Å². The lowest BCUT2D eigenvalue weighted by molar-refractivity contribution is -0.385. The van der Waals surface area contributed by atoms with Gasteiger partial charge in [-0.2, -0.15) is 0 Å². The highest BCUT2D eigenvalue weighted by molar-refractivity contribution is 9.11. The molecule has 1 heterocycles. The Balaban J connectivity index is 0.00000334. The molecule has 0 bridgehead atoms. The zero-order chi connectivity index (χ0) is 28.3. The number of hydrogen-bond donors (Lipinski definition) is 0. The molecule has 0 fully saturated rings. The molecule has 1 aromatic heterocycles. The summed E-state index contributed by atoms with van der Waals surface area (Å²) in [6.45, 7) is 14.8. The Labute approximate surface area is 234 Å². The third-order valence-electron chi connectivity index (χ3n) is 4.35. The van der Waals surface area contributed by atoms with Crippen molar-refractivity contribution in [1.29, 1.82) is 0 Å². The number of ether oxygens (including phenoxy) is 2. The number of aromatic nitrogens is 1. The molecule has 2 rings (SSSR count). The Kier molecular flexibility index (Phi) is 12.7. The second-order valence-electron chi connectivity index (χ2n) is 8.20. The molecule has 0 unspecified atom stereocenters. The standard InChI is InChI=1S/C23H26Br2N4O6.C2H6/c1-6-11-27(22(31)35-23(3,4)5)16-10-8-9-15(12-16)14-28(21(30)34-7-2)17-13-18(24)26-20(25)19(17)29(32)33;1-2/h6,8-10,12-13H,1,7,11,14H2,2-5H3;1-2H3. The van der Waals surface area contributed by atoms with Gasteiger partial charge in [-0.25, -0.2) is 14.6 Å². The van der Waals surface area contributed by atoms with Gasteiger partial charge >= 0.3 is 17.9 Å². The minimum atomic E-state index is -0.777. The van der Waals surface area contributed by atoms with E-state index in [4.69, 9.17) is 9.47 Å². The van der Waals surface area contributed by atoms with E-state index >= 15 is 0 Å². The normalized spacial score (nSPS) is 10.5. The van der Waals surface area contributed by atoms with Crippen LogP contribution in [0, 0.1) is 10.1 Å². The van der Waals surface area contributed by atoms with Crippen LogP contribution in [0.15, 0.2) is 52.2 Å². The van der Waals surface area contributed by atoms with Gasteiger partial charge in [0.1, 0.15) is 15.9 Å². The van der Waals surface area contributed by atoms with Crippen LogP contribution in [0.4, 0.5) is 26.7 Å². The van der Waals surface area contributed by atoms with Gasteiger partial charge in [0.15, 0.2) is 4.60 Å². The maximum absolute atomic E-state index is 12.9. The van der Waals surface area contributed by atoms with Gasteiger partial charge in [0.25, 0.3) is 0 Å². The summed E-state index contributed by atoms with van der Waals surface area (Å²) in [6.07, 6.45) is 0.229. The van der Waals surface area contributed by atoms with Crippen molar-refractivity contribution in [3.8, 4) is 0 Å². The summed E-state index contributed by atoms with van der Waals surface area (Å²) in [5, 5.41) is 11.8. The van der Waals surface area contributed by atoms with Gasteiger partial charge < -0.3 is 9.47 Å². The molecule has 0 aliphatic heterocycles. The number of rotatable bonds is 8. The number of pyridine rings is 1. The molecule has 2 aromatic rings. The van der Waals surface area contributed by atoms with Crippen molar-refractivity contribution in [3.05, 3.63) is 67.9 Å². The summed E-state index contributed by atoms with van der Waals surface area (Å²) in [7, 11) is 0. The molecule has 1 aromatic carbocycles. The second kappa shape index (κ2) is 14.7. The topological polar surface area (TPSA) is 115 Å². The van der Waals surface area contributed by atoms with Crippen molar-refractivity contribution < 1.29 is 24.0 Å². The van der Waals surface area contributed by atoms with E-state index in [-0.39, 0.29) is 40.3 Å². The zero-order valence-electron chi connectivity index (χ0n) is 21.8. The molecule has 0 spiro atoms. The van der Waals surface area contributed by atoms with E-state index in [2.05, 4.69) is 43.4 Å². The third-order valence-corrected chi connectivity index (χ3v) is 5.31. The predicted molar refractivity (Wildman–Crippen MR) is 151 cm³/mol. The molecule has 0 saturated carbocycles. The fourth-order valence-corrected chi connectivity index (χ4v) is 4.20. The first-order chi connectivity index (χ1) is 17.4. The Hall–Kier alpha value is -2.99. The van der Waals surface area contributed by atoms with E-state index in [0.717, 1.165) is 4.90 Å². The van der Waals surface area contributed by atoms with E-state index in [9.17, 15) is 19.7 Å². The van der Waals surface area contributed by atoms with Gasteiger partial charge in [0, 0.05) is 18.3 Å². The maximum atomic E-state index is 12.9. The number of anilines is 2. The SMILES string of the molecule is C=CCN(C(=O)OC(C)(C)C)c1cccc(CN(C(=O)OCC)c2cc(Br)nc(Br)c2[N+](=O)[O-])c1.CC. The largest absolute Gasteiger partial charge is 0.449 e. The first-order valence-electron chi connectivity index (χ1n) is 11.5. The summed E-state index contributed by atoms with van der Waals surface area (Å²) in [6, 6.07) is 8.22. The number of carbonyl (C=O) groups excluding carboxylic acids is 2. The number of nitrogens with zero attached hydrogens (tertiary/aromatic N) is 4. The maximum Gasteiger partial charge on any atom is 0.415 e. The molecule has 0 radical (unpaired) electrons. The quantitative estimate of drug-likeness (QED) is 0.126.